The third-order valence-electron chi connectivity index (χ3n) is 3.17. The van der Waals surface area contributed by atoms with Crippen molar-refractivity contribution >= 4 is 15.9 Å². The van der Waals surface area contributed by atoms with E-state index in [1.165, 1.54) is 11.1 Å². The van der Waals surface area contributed by atoms with E-state index in [4.69, 9.17) is 4.74 Å². The summed E-state index contributed by atoms with van der Waals surface area (Å²) in [6.45, 7) is 3.01. The van der Waals surface area contributed by atoms with E-state index in [2.05, 4.69) is 58.5 Å². The van der Waals surface area contributed by atoms with Gasteiger partial charge in [0.15, 0.2) is 0 Å². The molecule has 0 saturated carbocycles. The Morgan fingerprint density at radius 1 is 1.11 bits per heavy atom. The summed E-state index contributed by atoms with van der Waals surface area (Å²) in [6.07, 6.45) is 0. The van der Waals surface area contributed by atoms with Gasteiger partial charge in [0.1, 0.15) is 5.75 Å². The van der Waals surface area contributed by atoms with Gasteiger partial charge >= 0.3 is 0 Å². The molecule has 3 heteroatoms. The topological polar surface area (TPSA) is 21.3 Å². The molecule has 0 radical (unpaired) electrons. The first-order valence-corrected chi connectivity index (χ1v) is 7.10. The highest BCUT2D eigenvalue weighted by atomic mass is 79.9. The highest BCUT2D eigenvalue weighted by Gasteiger charge is 2.06. The quantitative estimate of drug-likeness (QED) is 0.886. The molecule has 0 aliphatic heterocycles. The van der Waals surface area contributed by atoms with Crippen molar-refractivity contribution in [1.29, 1.82) is 0 Å². The maximum Gasteiger partial charge on any atom is 0.118 e. The lowest BCUT2D eigenvalue weighted by Gasteiger charge is -2.15. The molecule has 19 heavy (non-hydrogen) atoms. The Bertz CT molecular complexity index is 525. The smallest absolute Gasteiger partial charge is 0.118 e. The van der Waals surface area contributed by atoms with Gasteiger partial charge in [-0.3, -0.25) is 0 Å². The molecule has 0 saturated heterocycles. The molecule has 0 amide bonds. The second-order valence-corrected chi connectivity index (χ2v) is 5.32. The summed E-state index contributed by atoms with van der Waals surface area (Å²) in [5, 5.41) is 3.52. The number of halogens is 1. The van der Waals surface area contributed by atoms with E-state index >= 15 is 0 Å². The van der Waals surface area contributed by atoms with Crippen molar-refractivity contribution < 1.29 is 4.74 Å². The summed E-state index contributed by atoms with van der Waals surface area (Å²) < 4.78 is 6.31. The van der Waals surface area contributed by atoms with Gasteiger partial charge in [-0.1, -0.05) is 46.3 Å². The minimum atomic E-state index is 0.304. The summed E-state index contributed by atoms with van der Waals surface area (Å²) in [5.41, 5.74) is 2.52. The fourth-order valence-corrected chi connectivity index (χ4v) is 2.34. The maximum absolute atomic E-state index is 5.17. The molecule has 0 spiro atoms. The number of methoxy groups -OCH3 is 1. The van der Waals surface area contributed by atoms with E-state index in [1.54, 1.807) is 7.11 Å². The molecule has 100 valence electrons. The highest BCUT2D eigenvalue weighted by molar-refractivity contribution is 9.10. The van der Waals surface area contributed by atoms with Gasteiger partial charge in [-0.05, 0) is 36.2 Å². The van der Waals surface area contributed by atoms with E-state index in [9.17, 15) is 0 Å². The van der Waals surface area contributed by atoms with E-state index in [-0.39, 0.29) is 0 Å². The van der Waals surface area contributed by atoms with Crippen LogP contribution in [0.1, 0.15) is 24.1 Å². The van der Waals surface area contributed by atoms with Crippen LogP contribution < -0.4 is 10.1 Å². The van der Waals surface area contributed by atoms with Crippen molar-refractivity contribution in [3.63, 3.8) is 0 Å². The fourth-order valence-electron chi connectivity index (χ4n) is 1.92. The first-order chi connectivity index (χ1) is 9.20. The SMILES string of the molecule is COc1ccc(C(C)NCc2ccccc2Br)cc1. The predicted molar refractivity (Wildman–Crippen MR) is 82.4 cm³/mol. The molecule has 2 rings (SSSR count). The van der Waals surface area contributed by atoms with Crippen molar-refractivity contribution in [3.8, 4) is 5.75 Å². The first-order valence-electron chi connectivity index (χ1n) is 6.31. The number of hydrogen-bond donors (Lipinski definition) is 1. The Balaban J connectivity index is 1.97. The molecule has 1 unspecified atom stereocenters. The van der Waals surface area contributed by atoms with Gasteiger partial charge in [-0.25, -0.2) is 0 Å². The maximum atomic E-state index is 5.17. The fraction of sp³-hybridized carbons (Fsp3) is 0.250. The summed E-state index contributed by atoms with van der Waals surface area (Å²) in [7, 11) is 1.68. The lowest BCUT2D eigenvalue weighted by atomic mass is 10.1. The van der Waals surface area contributed by atoms with Crippen LogP contribution in [0.5, 0.6) is 5.75 Å². The Kier molecular flexibility index (Phi) is 5.00. The number of rotatable bonds is 5. The van der Waals surface area contributed by atoms with E-state index in [0.717, 1.165) is 16.8 Å². The van der Waals surface area contributed by atoms with E-state index in [0.29, 0.717) is 6.04 Å². The van der Waals surface area contributed by atoms with Crippen LogP contribution in [0.4, 0.5) is 0 Å². The molecule has 2 aromatic rings. The van der Waals surface area contributed by atoms with Gasteiger partial charge < -0.3 is 10.1 Å². The van der Waals surface area contributed by atoms with Crippen LogP contribution >= 0.6 is 15.9 Å². The molecule has 0 heterocycles. The Morgan fingerprint density at radius 3 is 2.42 bits per heavy atom. The molecule has 0 aliphatic carbocycles. The molecule has 0 bridgehead atoms. The Labute approximate surface area is 122 Å². The third kappa shape index (κ3) is 3.82. The van der Waals surface area contributed by atoms with Crippen LogP contribution in [0.2, 0.25) is 0 Å². The minimum Gasteiger partial charge on any atom is -0.497 e. The number of benzene rings is 2. The number of hydrogen-bond acceptors (Lipinski definition) is 2. The predicted octanol–water partition coefficient (Wildman–Crippen LogP) is 4.31. The van der Waals surface area contributed by atoms with Crippen molar-refractivity contribution in [3.05, 3.63) is 64.1 Å². The summed E-state index contributed by atoms with van der Waals surface area (Å²) in [4.78, 5) is 0. The van der Waals surface area contributed by atoms with Gasteiger partial charge in [0.05, 0.1) is 7.11 Å². The zero-order valence-electron chi connectivity index (χ0n) is 11.2. The van der Waals surface area contributed by atoms with E-state index < -0.39 is 0 Å². The zero-order valence-corrected chi connectivity index (χ0v) is 12.8. The molecule has 0 aromatic heterocycles. The second kappa shape index (κ2) is 6.73. The van der Waals surface area contributed by atoms with Gasteiger partial charge in [0.2, 0.25) is 0 Å². The highest BCUT2D eigenvalue weighted by Crippen LogP contribution is 2.19. The largest absolute Gasteiger partial charge is 0.497 e. The van der Waals surface area contributed by atoms with Gasteiger partial charge in [-0.2, -0.15) is 0 Å². The summed E-state index contributed by atoms with van der Waals surface area (Å²) in [5.74, 6) is 0.891. The standard InChI is InChI=1S/C16H18BrNO/c1-12(13-7-9-15(19-2)10-8-13)18-11-14-5-3-4-6-16(14)17/h3-10,12,18H,11H2,1-2H3. The van der Waals surface area contributed by atoms with E-state index in [1.807, 2.05) is 18.2 Å². The second-order valence-electron chi connectivity index (χ2n) is 4.47. The molecule has 1 atom stereocenters. The summed E-state index contributed by atoms with van der Waals surface area (Å²) in [6, 6.07) is 16.7. The normalized spacial score (nSPS) is 12.2. The van der Waals surface area contributed by atoms with Gasteiger partial charge in [0.25, 0.3) is 0 Å². The molecule has 0 aliphatic rings. The molecule has 2 aromatic carbocycles. The molecule has 2 nitrogen and oxygen atoms in total. The molecular weight excluding hydrogens is 302 g/mol. The van der Waals surface area contributed by atoms with Crippen LogP contribution in [0.3, 0.4) is 0 Å². The van der Waals surface area contributed by atoms with Crippen LogP contribution in [0, 0.1) is 0 Å². The van der Waals surface area contributed by atoms with Crippen molar-refractivity contribution in [2.24, 2.45) is 0 Å². The average Bonchev–Trinajstić information content (AvgIpc) is 2.46. The zero-order chi connectivity index (χ0) is 13.7. The van der Waals surface area contributed by atoms with Crippen LogP contribution in [-0.2, 0) is 6.54 Å². The van der Waals surface area contributed by atoms with Gasteiger partial charge in [0, 0.05) is 17.1 Å². The van der Waals surface area contributed by atoms with Crippen molar-refractivity contribution in [2.75, 3.05) is 7.11 Å². The average molecular weight is 320 g/mol. The van der Waals surface area contributed by atoms with Crippen molar-refractivity contribution in [1.82, 2.24) is 5.32 Å². The Morgan fingerprint density at radius 2 is 1.79 bits per heavy atom. The Hall–Kier alpha value is -1.32. The third-order valence-corrected chi connectivity index (χ3v) is 3.95. The first kappa shape index (κ1) is 14.1. The number of nitrogens with one attached hydrogen (secondary N) is 1. The summed E-state index contributed by atoms with van der Waals surface area (Å²) >= 11 is 3.56. The molecule has 1 N–H and O–H groups in total. The van der Waals surface area contributed by atoms with Crippen LogP contribution in [-0.4, -0.2) is 7.11 Å². The van der Waals surface area contributed by atoms with Gasteiger partial charge in [-0.15, -0.1) is 0 Å². The van der Waals surface area contributed by atoms with Crippen molar-refractivity contribution in [2.45, 2.75) is 19.5 Å². The van der Waals surface area contributed by atoms with Crippen LogP contribution in [0.15, 0.2) is 53.0 Å². The lowest BCUT2D eigenvalue weighted by molar-refractivity contribution is 0.414. The number of ether oxygens (including phenoxy) is 1. The monoisotopic (exact) mass is 319 g/mol. The lowest BCUT2D eigenvalue weighted by Crippen LogP contribution is -2.18. The van der Waals surface area contributed by atoms with Crippen LogP contribution in [0.25, 0.3) is 0 Å². The molecule has 0 fully saturated rings. The minimum absolute atomic E-state index is 0.304. The molecular formula is C16H18BrNO.